The number of nitrogens with one attached hydrogen (secondary N) is 2. The molecule has 0 aliphatic rings. The SMILES string of the molecule is CONC(=O)c1ccccc1Nc1nc(Cl)ncc1C(F)(F)F. The number of rotatable bonds is 4. The molecule has 0 spiro atoms. The lowest BCUT2D eigenvalue weighted by atomic mass is 10.1. The van der Waals surface area contributed by atoms with Crippen molar-refractivity contribution < 1.29 is 22.8 Å². The lowest BCUT2D eigenvalue weighted by Crippen LogP contribution is -2.23. The maximum absolute atomic E-state index is 13.0. The lowest BCUT2D eigenvalue weighted by Gasteiger charge is -2.15. The fourth-order valence-corrected chi connectivity index (χ4v) is 1.86. The van der Waals surface area contributed by atoms with E-state index in [0.717, 1.165) is 0 Å². The molecule has 0 saturated heterocycles. The smallest absolute Gasteiger partial charge is 0.339 e. The monoisotopic (exact) mass is 346 g/mol. The fraction of sp³-hybridized carbons (Fsp3) is 0.154. The Morgan fingerprint density at radius 3 is 2.65 bits per heavy atom. The standard InChI is InChI=1S/C13H10ClF3N4O2/c1-23-21-11(22)7-4-2-3-5-9(7)19-10-8(13(15,16)17)6-18-12(14)20-10/h2-6H,1H3,(H,21,22)(H,18,19,20). The molecular formula is C13H10ClF3N4O2. The van der Waals surface area contributed by atoms with E-state index in [0.29, 0.717) is 6.20 Å². The summed E-state index contributed by atoms with van der Waals surface area (Å²) >= 11 is 5.56. The number of para-hydroxylation sites is 1. The first kappa shape index (κ1) is 17.0. The third-order valence-corrected chi connectivity index (χ3v) is 2.87. The highest BCUT2D eigenvalue weighted by molar-refractivity contribution is 6.28. The number of carbonyl (C=O) groups excluding carboxylic acids is 1. The summed E-state index contributed by atoms with van der Waals surface area (Å²) < 4.78 is 39.0. The summed E-state index contributed by atoms with van der Waals surface area (Å²) in [5.74, 6) is -1.19. The van der Waals surface area contributed by atoms with E-state index in [-0.39, 0.29) is 16.5 Å². The van der Waals surface area contributed by atoms with Gasteiger partial charge in [-0.1, -0.05) is 12.1 Å². The van der Waals surface area contributed by atoms with Gasteiger partial charge in [-0.25, -0.2) is 10.5 Å². The maximum atomic E-state index is 13.0. The molecule has 0 bridgehead atoms. The van der Waals surface area contributed by atoms with Crippen LogP contribution in [0.4, 0.5) is 24.7 Å². The van der Waals surface area contributed by atoms with Crippen LogP contribution in [0.3, 0.4) is 0 Å². The lowest BCUT2D eigenvalue weighted by molar-refractivity contribution is -0.137. The minimum atomic E-state index is -4.68. The first-order chi connectivity index (χ1) is 10.8. The number of hydrogen-bond acceptors (Lipinski definition) is 5. The Hall–Kier alpha value is -2.39. The predicted molar refractivity (Wildman–Crippen MR) is 76.2 cm³/mol. The summed E-state index contributed by atoms with van der Waals surface area (Å²) in [5, 5.41) is 2.09. The second-order valence-corrected chi connectivity index (χ2v) is 4.54. The second-order valence-electron chi connectivity index (χ2n) is 4.20. The number of hydroxylamine groups is 1. The Balaban J connectivity index is 2.44. The van der Waals surface area contributed by atoms with Crippen LogP contribution < -0.4 is 10.8 Å². The van der Waals surface area contributed by atoms with E-state index in [1.165, 1.54) is 19.2 Å². The number of halogens is 4. The van der Waals surface area contributed by atoms with E-state index in [9.17, 15) is 18.0 Å². The van der Waals surface area contributed by atoms with Crippen molar-refractivity contribution in [2.45, 2.75) is 6.18 Å². The van der Waals surface area contributed by atoms with Gasteiger partial charge in [0.15, 0.2) is 0 Å². The summed E-state index contributed by atoms with van der Waals surface area (Å²) in [6.45, 7) is 0. The summed E-state index contributed by atoms with van der Waals surface area (Å²) in [6.07, 6.45) is -4.12. The van der Waals surface area contributed by atoms with Crippen LogP contribution in [0.25, 0.3) is 0 Å². The van der Waals surface area contributed by atoms with E-state index in [1.54, 1.807) is 12.1 Å². The van der Waals surface area contributed by atoms with Crippen LogP contribution in [0.2, 0.25) is 5.28 Å². The molecule has 2 N–H and O–H groups in total. The second kappa shape index (κ2) is 6.80. The molecule has 1 aromatic heterocycles. The first-order valence-electron chi connectivity index (χ1n) is 6.12. The van der Waals surface area contributed by atoms with Gasteiger partial charge in [-0.2, -0.15) is 18.2 Å². The molecule has 2 rings (SSSR count). The van der Waals surface area contributed by atoms with Crippen LogP contribution >= 0.6 is 11.6 Å². The Labute approximate surface area is 133 Å². The van der Waals surface area contributed by atoms with Crippen LogP contribution in [0.5, 0.6) is 0 Å². The number of alkyl halides is 3. The van der Waals surface area contributed by atoms with Crippen molar-refractivity contribution in [3.05, 3.63) is 46.9 Å². The highest BCUT2D eigenvalue weighted by Gasteiger charge is 2.35. The zero-order valence-corrected chi connectivity index (χ0v) is 12.4. The number of hydrogen-bond donors (Lipinski definition) is 2. The third-order valence-electron chi connectivity index (χ3n) is 2.68. The average Bonchev–Trinajstić information content (AvgIpc) is 2.46. The van der Waals surface area contributed by atoms with Crippen molar-refractivity contribution in [3.8, 4) is 0 Å². The van der Waals surface area contributed by atoms with Gasteiger partial charge in [-0.05, 0) is 23.7 Å². The van der Waals surface area contributed by atoms with Gasteiger partial charge in [-0.3, -0.25) is 9.63 Å². The van der Waals surface area contributed by atoms with E-state index < -0.39 is 23.5 Å². The Morgan fingerprint density at radius 1 is 1.30 bits per heavy atom. The zero-order chi connectivity index (χ0) is 17.0. The summed E-state index contributed by atoms with van der Waals surface area (Å²) in [4.78, 5) is 23.2. The van der Waals surface area contributed by atoms with Crippen LogP contribution in [0.1, 0.15) is 15.9 Å². The molecule has 0 radical (unpaired) electrons. The number of aromatic nitrogens is 2. The van der Waals surface area contributed by atoms with Crippen molar-refractivity contribution in [3.63, 3.8) is 0 Å². The van der Waals surface area contributed by atoms with Gasteiger partial charge in [0.05, 0.1) is 18.4 Å². The number of carbonyl (C=O) groups is 1. The molecule has 0 aliphatic heterocycles. The van der Waals surface area contributed by atoms with E-state index >= 15 is 0 Å². The first-order valence-corrected chi connectivity index (χ1v) is 6.50. The molecule has 0 atom stereocenters. The van der Waals surface area contributed by atoms with E-state index in [1.807, 2.05) is 0 Å². The van der Waals surface area contributed by atoms with Crippen molar-refractivity contribution in [1.29, 1.82) is 0 Å². The van der Waals surface area contributed by atoms with Crippen molar-refractivity contribution in [2.75, 3.05) is 12.4 Å². The molecule has 0 saturated carbocycles. The molecule has 10 heteroatoms. The predicted octanol–water partition coefficient (Wildman–Crippen LogP) is 3.18. The number of nitrogens with zero attached hydrogens (tertiary/aromatic N) is 2. The zero-order valence-electron chi connectivity index (χ0n) is 11.6. The molecule has 0 aliphatic carbocycles. The van der Waals surface area contributed by atoms with Crippen LogP contribution in [-0.2, 0) is 11.0 Å². The summed E-state index contributed by atoms with van der Waals surface area (Å²) in [6, 6.07) is 5.92. The van der Waals surface area contributed by atoms with Crippen molar-refractivity contribution >= 4 is 29.0 Å². The highest BCUT2D eigenvalue weighted by Crippen LogP contribution is 2.35. The molecule has 0 unspecified atom stereocenters. The van der Waals surface area contributed by atoms with Crippen LogP contribution in [-0.4, -0.2) is 23.0 Å². The Bertz CT molecular complexity index is 725. The van der Waals surface area contributed by atoms with Crippen molar-refractivity contribution in [1.82, 2.24) is 15.4 Å². The summed E-state index contributed by atoms with van der Waals surface area (Å²) in [7, 11) is 1.24. The Morgan fingerprint density at radius 2 is 2.00 bits per heavy atom. The topological polar surface area (TPSA) is 76.1 Å². The van der Waals surface area contributed by atoms with Gasteiger partial charge in [0.25, 0.3) is 5.91 Å². The third kappa shape index (κ3) is 4.08. The van der Waals surface area contributed by atoms with Gasteiger partial charge < -0.3 is 5.32 Å². The molecule has 122 valence electrons. The minimum absolute atomic E-state index is 0.0669. The van der Waals surface area contributed by atoms with Gasteiger partial charge in [0, 0.05) is 6.20 Å². The van der Waals surface area contributed by atoms with Crippen LogP contribution in [0.15, 0.2) is 30.5 Å². The molecule has 6 nitrogen and oxygen atoms in total. The van der Waals surface area contributed by atoms with Gasteiger partial charge >= 0.3 is 6.18 Å². The van der Waals surface area contributed by atoms with Crippen LogP contribution in [0, 0.1) is 0 Å². The fourth-order valence-electron chi connectivity index (χ4n) is 1.73. The molecule has 1 aromatic carbocycles. The van der Waals surface area contributed by atoms with Gasteiger partial charge in [0.2, 0.25) is 5.28 Å². The molecular weight excluding hydrogens is 337 g/mol. The quantitative estimate of drug-likeness (QED) is 0.657. The molecule has 2 aromatic rings. The number of anilines is 2. The van der Waals surface area contributed by atoms with Gasteiger partial charge in [0.1, 0.15) is 11.4 Å². The van der Waals surface area contributed by atoms with E-state index in [2.05, 4.69) is 25.6 Å². The molecule has 1 heterocycles. The number of benzene rings is 1. The largest absolute Gasteiger partial charge is 0.421 e. The molecule has 0 fully saturated rings. The molecule has 23 heavy (non-hydrogen) atoms. The average molecular weight is 347 g/mol. The maximum Gasteiger partial charge on any atom is 0.421 e. The number of amides is 1. The van der Waals surface area contributed by atoms with E-state index in [4.69, 9.17) is 11.6 Å². The Kier molecular flexibility index (Phi) is 5.02. The highest BCUT2D eigenvalue weighted by atomic mass is 35.5. The summed E-state index contributed by atoms with van der Waals surface area (Å²) in [5.41, 5.74) is 1.14. The minimum Gasteiger partial charge on any atom is -0.339 e. The van der Waals surface area contributed by atoms with Crippen molar-refractivity contribution in [2.24, 2.45) is 0 Å². The van der Waals surface area contributed by atoms with Gasteiger partial charge in [-0.15, -0.1) is 0 Å². The normalized spacial score (nSPS) is 11.2. The molecule has 1 amide bonds.